The zero-order valence-corrected chi connectivity index (χ0v) is 11.3. The van der Waals surface area contributed by atoms with E-state index in [0.717, 1.165) is 11.1 Å². The first kappa shape index (κ1) is 13.7. The fourth-order valence-corrected chi connectivity index (χ4v) is 1.84. The van der Waals surface area contributed by atoms with Crippen molar-refractivity contribution in [3.63, 3.8) is 0 Å². The Hall–Kier alpha value is -1.35. The summed E-state index contributed by atoms with van der Waals surface area (Å²) in [5, 5.41) is 0. The summed E-state index contributed by atoms with van der Waals surface area (Å²) in [5.74, 6) is 4.81. The molecule has 0 aromatic heterocycles. The molecule has 3 heteroatoms. The molecule has 1 rings (SSSR count). The summed E-state index contributed by atoms with van der Waals surface area (Å²) >= 11 is 0. The molecule has 0 radical (unpaired) electrons. The van der Waals surface area contributed by atoms with Gasteiger partial charge in [-0.25, -0.2) is 5.84 Å². The van der Waals surface area contributed by atoms with Crippen LogP contribution in [0.5, 0.6) is 0 Å². The largest absolute Gasteiger partial charge is 0.294 e. The van der Waals surface area contributed by atoms with E-state index >= 15 is 0 Å². The number of amides is 1. The molecule has 94 valence electrons. The monoisotopic (exact) mass is 234 g/mol. The average Bonchev–Trinajstić information content (AvgIpc) is 2.26. The molecule has 1 aromatic carbocycles. The molecule has 1 atom stereocenters. The number of nitrogens with two attached hydrogens (primary N) is 1. The minimum Gasteiger partial charge on any atom is -0.294 e. The van der Waals surface area contributed by atoms with Gasteiger partial charge in [-0.15, -0.1) is 0 Å². The maximum Gasteiger partial charge on any atom is 0.241 e. The fraction of sp³-hybridized carbons (Fsp3) is 0.500. The van der Waals surface area contributed by atoms with Gasteiger partial charge >= 0.3 is 0 Å². The Labute approximate surface area is 103 Å². The van der Waals surface area contributed by atoms with Crippen LogP contribution in [0.2, 0.25) is 0 Å². The predicted molar refractivity (Wildman–Crippen MR) is 70.6 cm³/mol. The number of carbonyl (C=O) groups is 1. The molecule has 3 nitrogen and oxygen atoms in total. The number of hydrogen-bond acceptors (Lipinski definition) is 2. The summed E-state index contributed by atoms with van der Waals surface area (Å²) in [4.78, 5) is 11.6. The molecular formula is C14H22N2O. The highest BCUT2D eigenvalue weighted by atomic mass is 16.2. The van der Waals surface area contributed by atoms with Crippen molar-refractivity contribution in [2.75, 3.05) is 0 Å². The zero-order valence-electron chi connectivity index (χ0n) is 11.3. The minimum atomic E-state index is -0.220. The molecule has 0 spiro atoms. The first-order valence-corrected chi connectivity index (χ1v) is 5.89. The van der Waals surface area contributed by atoms with Crippen LogP contribution < -0.4 is 11.3 Å². The van der Waals surface area contributed by atoms with Gasteiger partial charge in [0.1, 0.15) is 0 Å². The van der Waals surface area contributed by atoms with E-state index in [1.807, 2.05) is 13.8 Å². The predicted octanol–water partition coefficient (Wildman–Crippen LogP) is 2.39. The van der Waals surface area contributed by atoms with Crippen molar-refractivity contribution in [2.24, 2.45) is 5.84 Å². The minimum absolute atomic E-state index is 0.0847. The highest BCUT2D eigenvalue weighted by molar-refractivity contribution is 5.83. The number of hydrogen-bond donors (Lipinski definition) is 2. The third-order valence-corrected chi connectivity index (χ3v) is 3.15. The lowest BCUT2D eigenvalue weighted by molar-refractivity contribution is -0.122. The third-order valence-electron chi connectivity index (χ3n) is 3.15. The molecule has 0 aliphatic rings. The quantitative estimate of drug-likeness (QED) is 0.469. The van der Waals surface area contributed by atoms with Crippen LogP contribution in [0, 0.1) is 6.92 Å². The summed E-state index contributed by atoms with van der Waals surface area (Å²) in [6, 6.07) is 6.29. The second kappa shape index (κ2) is 4.88. The molecule has 0 saturated carbocycles. The third kappa shape index (κ3) is 3.07. The van der Waals surface area contributed by atoms with E-state index in [-0.39, 0.29) is 17.2 Å². The number of benzene rings is 1. The highest BCUT2D eigenvalue weighted by Crippen LogP contribution is 2.28. The smallest absolute Gasteiger partial charge is 0.241 e. The molecule has 17 heavy (non-hydrogen) atoms. The van der Waals surface area contributed by atoms with E-state index in [9.17, 15) is 4.79 Å². The van der Waals surface area contributed by atoms with Crippen LogP contribution in [0.25, 0.3) is 0 Å². The number of aryl methyl sites for hydroxylation is 1. The number of carbonyl (C=O) groups excluding carboxylic acids is 1. The number of nitrogens with one attached hydrogen (secondary N) is 1. The van der Waals surface area contributed by atoms with Crippen molar-refractivity contribution in [1.82, 2.24) is 5.43 Å². The Kier molecular flexibility index (Phi) is 3.94. The second-order valence-corrected chi connectivity index (χ2v) is 5.55. The summed E-state index contributed by atoms with van der Waals surface area (Å²) < 4.78 is 0. The lowest BCUT2D eigenvalue weighted by atomic mass is 9.83. The molecule has 3 N–H and O–H groups in total. The van der Waals surface area contributed by atoms with E-state index in [1.165, 1.54) is 5.56 Å². The van der Waals surface area contributed by atoms with E-state index in [0.29, 0.717) is 0 Å². The Morgan fingerprint density at radius 2 is 1.94 bits per heavy atom. The van der Waals surface area contributed by atoms with Gasteiger partial charge in [0, 0.05) is 0 Å². The second-order valence-electron chi connectivity index (χ2n) is 5.55. The van der Waals surface area contributed by atoms with Crippen molar-refractivity contribution in [3.8, 4) is 0 Å². The van der Waals surface area contributed by atoms with Gasteiger partial charge in [-0.1, -0.05) is 39.0 Å². The van der Waals surface area contributed by atoms with Gasteiger partial charge in [0.15, 0.2) is 0 Å². The number of rotatable bonds is 2. The van der Waals surface area contributed by atoms with E-state index in [2.05, 4.69) is 44.4 Å². The van der Waals surface area contributed by atoms with E-state index in [1.54, 1.807) is 0 Å². The standard InChI is InChI=1S/C14H22N2O/c1-9-6-7-11(14(3,4)5)8-12(9)10(2)13(17)16-15/h6-8,10H,15H2,1-5H3,(H,16,17). The SMILES string of the molecule is Cc1ccc(C(C)(C)C)cc1C(C)C(=O)NN. The first-order valence-electron chi connectivity index (χ1n) is 5.89. The van der Waals surface area contributed by atoms with Crippen molar-refractivity contribution in [2.45, 2.75) is 46.0 Å². The molecular weight excluding hydrogens is 212 g/mol. The summed E-state index contributed by atoms with van der Waals surface area (Å²) in [6.45, 7) is 10.4. The Bertz CT molecular complexity index is 419. The van der Waals surface area contributed by atoms with Gasteiger partial charge in [0.25, 0.3) is 0 Å². The van der Waals surface area contributed by atoms with Crippen molar-refractivity contribution < 1.29 is 4.79 Å². The molecule has 1 unspecified atom stereocenters. The van der Waals surface area contributed by atoms with Gasteiger partial charge in [-0.3, -0.25) is 10.2 Å². The van der Waals surface area contributed by atoms with Crippen LogP contribution in [0.3, 0.4) is 0 Å². The normalized spacial score (nSPS) is 13.3. The van der Waals surface area contributed by atoms with Crippen molar-refractivity contribution in [1.29, 1.82) is 0 Å². The Morgan fingerprint density at radius 1 is 1.35 bits per heavy atom. The van der Waals surface area contributed by atoms with Crippen LogP contribution >= 0.6 is 0 Å². The van der Waals surface area contributed by atoms with Crippen LogP contribution in [-0.4, -0.2) is 5.91 Å². The van der Waals surface area contributed by atoms with E-state index < -0.39 is 0 Å². The van der Waals surface area contributed by atoms with Gasteiger partial charge in [-0.05, 0) is 36.0 Å². The lowest BCUT2D eigenvalue weighted by Crippen LogP contribution is -2.34. The van der Waals surface area contributed by atoms with Gasteiger partial charge in [0.2, 0.25) is 5.91 Å². The Morgan fingerprint density at radius 3 is 2.41 bits per heavy atom. The maximum absolute atomic E-state index is 11.6. The van der Waals surface area contributed by atoms with Crippen LogP contribution in [0.4, 0.5) is 0 Å². The van der Waals surface area contributed by atoms with Gasteiger partial charge in [0.05, 0.1) is 5.92 Å². The molecule has 0 fully saturated rings. The van der Waals surface area contributed by atoms with Crippen molar-refractivity contribution >= 4 is 5.91 Å². The molecule has 0 aliphatic carbocycles. The molecule has 0 saturated heterocycles. The maximum atomic E-state index is 11.6. The summed E-state index contributed by atoms with van der Waals surface area (Å²) in [5.41, 5.74) is 5.69. The lowest BCUT2D eigenvalue weighted by Gasteiger charge is -2.22. The van der Waals surface area contributed by atoms with Gasteiger partial charge < -0.3 is 0 Å². The molecule has 0 bridgehead atoms. The number of hydrazine groups is 1. The highest BCUT2D eigenvalue weighted by Gasteiger charge is 2.20. The van der Waals surface area contributed by atoms with E-state index in [4.69, 9.17) is 5.84 Å². The first-order chi connectivity index (χ1) is 7.77. The van der Waals surface area contributed by atoms with Gasteiger partial charge in [-0.2, -0.15) is 0 Å². The molecule has 1 aromatic rings. The Balaban J connectivity index is 3.20. The van der Waals surface area contributed by atoms with Crippen LogP contribution in [0.1, 0.15) is 50.3 Å². The molecule has 0 aliphatic heterocycles. The fourth-order valence-electron chi connectivity index (χ4n) is 1.84. The summed E-state index contributed by atoms with van der Waals surface area (Å²) in [7, 11) is 0. The molecule has 0 heterocycles. The molecule has 1 amide bonds. The topological polar surface area (TPSA) is 55.1 Å². The van der Waals surface area contributed by atoms with Crippen molar-refractivity contribution in [3.05, 3.63) is 34.9 Å². The zero-order chi connectivity index (χ0) is 13.2. The van der Waals surface area contributed by atoms with Crippen LogP contribution in [-0.2, 0) is 10.2 Å². The average molecular weight is 234 g/mol. The van der Waals surface area contributed by atoms with Crippen LogP contribution in [0.15, 0.2) is 18.2 Å². The summed E-state index contributed by atoms with van der Waals surface area (Å²) in [6.07, 6.45) is 0.